The molecule has 0 spiro atoms. The van der Waals surface area contributed by atoms with Crippen molar-refractivity contribution in [3.63, 3.8) is 0 Å². The first-order valence-electron chi connectivity index (χ1n) is 14.5. The van der Waals surface area contributed by atoms with Crippen molar-refractivity contribution in [1.29, 1.82) is 5.26 Å². The van der Waals surface area contributed by atoms with Gasteiger partial charge in [-0.3, -0.25) is 4.57 Å². The number of fused-ring (bicyclic) bond motifs is 3. The molecule has 2 aromatic heterocycles. The van der Waals surface area contributed by atoms with Crippen LogP contribution in [0, 0.1) is 17.1 Å². The molecule has 4 aliphatic heterocycles. The lowest BCUT2D eigenvalue weighted by Crippen LogP contribution is -2.52. The lowest BCUT2D eigenvalue weighted by Gasteiger charge is -2.36. The Balaban J connectivity index is 1.40. The van der Waals surface area contributed by atoms with Gasteiger partial charge in [-0.05, 0) is 56.3 Å². The van der Waals surface area contributed by atoms with Gasteiger partial charge in [0.1, 0.15) is 22.7 Å². The van der Waals surface area contributed by atoms with E-state index in [0.717, 1.165) is 78.9 Å². The van der Waals surface area contributed by atoms with E-state index < -0.39 is 5.82 Å². The van der Waals surface area contributed by atoms with Crippen molar-refractivity contribution in [1.82, 2.24) is 20.2 Å². The summed E-state index contributed by atoms with van der Waals surface area (Å²) in [6.07, 6.45) is 5.31. The molecule has 42 heavy (non-hydrogen) atoms. The molecule has 0 aliphatic carbocycles. The van der Waals surface area contributed by atoms with E-state index in [0.29, 0.717) is 55.9 Å². The van der Waals surface area contributed by atoms with Crippen LogP contribution in [0.25, 0.3) is 32.1 Å². The Morgan fingerprint density at radius 1 is 1.24 bits per heavy atom. The molecule has 4 N–H and O–H groups in total. The third kappa shape index (κ3) is 4.07. The molecule has 216 valence electrons. The summed E-state index contributed by atoms with van der Waals surface area (Å²) in [4.78, 5) is 21.9. The van der Waals surface area contributed by atoms with E-state index in [1.165, 1.54) is 6.07 Å². The van der Waals surface area contributed by atoms with Gasteiger partial charge in [0.25, 0.3) is 0 Å². The highest BCUT2D eigenvalue weighted by molar-refractivity contribution is 7.99. The van der Waals surface area contributed by atoms with Crippen molar-refractivity contribution in [3.8, 4) is 17.2 Å². The molecular formula is C30H29ClFN7OS2. The molecule has 8 rings (SSSR count). The predicted molar refractivity (Wildman–Crippen MR) is 168 cm³/mol. The van der Waals surface area contributed by atoms with E-state index in [1.807, 2.05) is 10.6 Å². The number of anilines is 2. The van der Waals surface area contributed by atoms with Crippen LogP contribution in [-0.4, -0.2) is 53.1 Å². The second kappa shape index (κ2) is 10.1. The SMILES string of the molecule is N#Cc1c(N)sc2c(F)ccc(-c3c(Cl)cc4c(N5CC6CCC(C5)N6)nc(=O)n5c4c3SC[C@@H]5CC3CCCN3)c12. The van der Waals surface area contributed by atoms with E-state index in [2.05, 4.69) is 21.6 Å². The highest BCUT2D eigenvalue weighted by Gasteiger charge is 2.37. The number of hydrogen-bond acceptors (Lipinski definition) is 9. The molecule has 0 radical (unpaired) electrons. The quantitative estimate of drug-likeness (QED) is 0.283. The zero-order valence-corrected chi connectivity index (χ0v) is 25.1. The molecule has 4 aliphatic rings. The minimum absolute atomic E-state index is 0.0254. The van der Waals surface area contributed by atoms with Crippen LogP contribution < -0.4 is 27.0 Å². The number of nitrogens with zero attached hydrogens (tertiary/aromatic N) is 4. The smallest absolute Gasteiger partial charge is 0.350 e. The van der Waals surface area contributed by atoms with E-state index in [9.17, 15) is 14.4 Å². The van der Waals surface area contributed by atoms with Gasteiger partial charge in [0.05, 0.1) is 20.8 Å². The van der Waals surface area contributed by atoms with Crippen LogP contribution in [0.5, 0.6) is 0 Å². The standard InChI is InChI=1S/C30H29ClFN7OS2/c31-21-9-19-25-27(24(21)18-5-6-22(32)26-23(18)20(10-33)28(34)42-26)41-13-17(8-14-2-1-7-35-14)39(25)30(40)37-29(19)38-11-15-3-4-16(12-38)36-15/h5-6,9,14-17,35-36H,1-4,7-8,11-13,34H2/t14?,15?,16?,17-/m0/s1. The van der Waals surface area contributed by atoms with E-state index in [4.69, 9.17) is 22.3 Å². The molecule has 8 nitrogen and oxygen atoms in total. The van der Waals surface area contributed by atoms with Gasteiger partial charge >= 0.3 is 5.69 Å². The Hall–Kier alpha value is -2.88. The first-order valence-corrected chi connectivity index (χ1v) is 16.7. The number of piperazine rings is 1. The number of thioether (sulfide) groups is 1. The maximum atomic E-state index is 15.0. The number of aromatic nitrogens is 2. The van der Waals surface area contributed by atoms with Crippen LogP contribution in [-0.2, 0) is 0 Å². The zero-order valence-electron chi connectivity index (χ0n) is 22.8. The summed E-state index contributed by atoms with van der Waals surface area (Å²) in [7, 11) is 0. The van der Waals surface area contributed by atoms with Gasteiger partial charge in [-0.2, -0.15) is 10.2 Å². The number of hydrogen-bond donors (Lipinski definition) is 3. The number of thiophene rings is 1. The Labute approximate surface area is 255 Å². The number of nitrogen functional groups attached to an aromatic ring is 1. The second-order valence-corrected chi connectivity index (χ2v) is 14.3. The van der Waals surface area contributed by atoms with Crippen LogP contribution >= 0.6 is 34.7 Å². The summed E-state index contributed by atoms with van der Waals surface area (Å²) >= 11 is 9.92. The number of rotatable bonds is 4. The molecule has 12 heteroatoms. The summed E-state index contributed by atoms with van der Waals surface area (Å²) in [6.45, 7) is 2.58. The third-order valence-corrected chi connectivity index (χ3v) is 11.9. The molecule has 3 unspecified atom stereocenters. The van der Waals surface area contributed by atoms with E-state index in [-0.39, 0.29) is 22.3 Å². The topological polar surface area (TPSA) is 112 Å². The average molecular weight is 622 g/mol. The van der Waals surface area contributed by atoms with Crippen LogP contribution in [0.2, 0.25) is 5.02 Å². The molecule has 4 atom stereocenters. The maximum absolute atomic E-state index is 15.0. The first kappa shape index (κ1) is 26.7. The summed E-state index contributed by atoms with van der Waals surface area (Å²) in [6, 6.07) is 8.28. The van der Waals surface area contributed by atoms with Crippen molar-refractivity contribution in [3.05, 3.63) is 45.1 Å². The number of nitrogens with one attached hydrogen (secondary N) is 2. The lowest BCUT2D eigenvalue weighted by atomic mass is 9.97. The van der Waals surface area contributed by atoms with E-state index in [1.54, 1.807) is 17.8 Å². The van der Waals surface area contributed by atoms with Gasteiger partial charge in [0.15, 0.2) is 0 Å². The Morgan fingerprint density at radius 3 is 2.79 bits per heavy atom. The Bertz CT molecular complexity index is 1870. The molecule has 3 fully saturated rings. The highest BCUT2D eigenvalue weighted by Crippen LogP contribution is 2.51. The van der Waals surface area contributed by atoms with Crippen molar-refractivity contribution in [2.24, 2.45) is 0 Å². The van der Waals surface area contributed by atoms with Crippen molar-refractivity contribution in [2.75, 3.05) is 36.0 Å². The van der Waals surface area contributed by atoms with Gasteiger partial charge < -0.3 is 21.3 Å². The number of benzene rings is 2. The monoisotopic (exact) mass is 621 g/mol. The predicted octanol–water partition coefficient (Wildman–Crippen LogP) is 5.25. The molecule has 3 saturated heterocycles. The average Bonchev–Trinajstić information content (AvgIpc) is 3.70. The van der Waals surface area contributed by atoms with Gasteiger partial charge in [0, 0.05) is 64.2 Å². The Kier molecular flexibility index (Phi) is 6.43. The molecule has 2 aromatic carbocycles. The van der Waals surface area contributed by atoms with Crippen LogP contribution in [0.3, 0.4) is 0 Å². The van der Waals surface area contributed by atoms with Gasteiger partial charge in [-0.25, -0.2) is 9.18 Å². The van der Waals surface area contributed by atoms with E-state index >= 15 is 0 Å². The van der Waals surface area contributed by atoms with Crippen LogP contribution in [0.4, 0.5) is 15.2 Å². The highest BCUT2D eigenvalue weighted by atomic mass is 35.5. The fourth-order valence-electron chi connectivity index (χ4n) is 7.49. The van der Waals surface area contributed by atoms with Crippen molar-refractivity contribution in [2.45, 2.75) is 61.2 Å². The fraction of sp³-hybridized carbons (Fsp3) is 0.433. The minimum atomic E-state index is -0.425. The largest absolute Gasteiger partial charge is 0.389 e. The van der Waals surface area contributed by atoms with Crippen molar-refractivity contribution >= 4 is 66.5 Å². The molecular weight excluding hydrogens is 593 g/mol. The maximum Gasteiger partial charge on any atom is 0.350 e. The summed E-state index contributed by atoms with van der Waals surface area (Å²) in [5, 5.41) is 19.3. The molecule has 4 aromatic rings. The number of halogens is 2. The summed E-state index contributed by atoms with van der Waals surface area (Å²) in [5.74, 6) is 0.945. The molecule has 2 bridgehead atoms. The fourth-order valence-corrected chi connectivity index (χ4v) is 10.2. The lowest BCUT2D eigenvalue weighted by molar-refractivity contribution is 0.424. The van der Waals surface area contributed by atoms with Crippen LogP contribution in [0.15, 0.2) is 27.9 Å². The number of nitrogens with two attached hydrogens (primary N) is 1. The van der Waals surface area contributed by atoms with Crippen molar-refractivity contribution < 1.29 is 4.39 Å². The first-order chi connectivity index (χ1) is 20.4. The minimum Gasteiger partial charge on any atom is -0.389 e. The normalized spacial score (nSPS) is 25.0. The van der Waals surface area contributed by atoms with Gasteiger partial charge in [-0.1, -0.05) is 17.7 Å². The molecule has 0 amide bonds. The summed E-state index contributed by atoms with van der Waals surface area (Å²) in [5.41, 5.74) is 8.37. The zero-order chi connectivity index (χ0) is 28.7. The third-order valence-electron chi connectivity index (χ3n) is 9.32. The molecule has 0 saturated carbocycles. The Morgan fingerprint density at radius 2 is 2.05 bits per heavy atom. The van der Waals surface area contributed by atoms with Crippen LogP contribution in [0.1, 0.15) is 43.7 Å². The number of nitriles is 1. The summed E-state index contributed by atoms with van der Waals surface area (Å²) < 4.78 is 17.2. The van der Waals surface area contributed by atoms with Gasteiger partial charge in [-0.15, -0.1) is 23.1 Å². The second-order valence-electron chi connectivity index (χ2n) is 11.8. The van der Waals surface area contributed by atoms with Gasteiger partial charge in [0.2, 0.25) is 0 Å². The molecule has 6 heterocycles.